The van der Waals surface area contributed by atoms with Gasteiger partial charge < -0.3 is 5.32 Å². The Morgan fingerprint density at radius 1 is 1.71 bits per heavy atom. The van der Waals surface area contributed by atoms with Gasteiger partial charge in [0.25, 0.3) is 0 Å². The Labute approximate surface area is 89.4 Å². The topological polar surface area (TPSA) is 29.9 Å². The Hall–Kier alpha value is -0.540. The molecule has 2 heterocycles. The molecule has 1 saturated heterocycles. The molecule has 0 saturated carbocycles. The summed E-state index contributed by atoms with van der Waals surface area (Å²) in [5, 5.41) is 8.55. The molecule has 1 aromatic heterocycles. The van der Waals surface area contributed by atoms with Crippen LogP contribution < -0.4 is 5.32 Å². The highest BCUT2D eigenvalue weighted by Crippen LogP contribution is 2.23. The number of halogens is 1. The summed E-state index contributed by atoms with van der Waals surface area (Å²) < 4.78 is 2.09. The molecule has 0 spiro atoms. The van der Waals surface area contributed by atoms with Gasteiger partial charge in [0, 0.05) is 6.54 Å². The largest absolute Gasteiger partial charge is 0.315 e. The van der Waals surface area contributed by atoms with Crippen LogP contribution in [0.3, 0.4) is 0 Å². The third-order valence-corrected chi connectivity index (χ3v) is 3.12. The predicted molar refractivity (Wildman–Crippen MR) is 57.8 cm³/mol. The molecule has 0 radical (unpaired) electrons. The summed E-state index contributed by atoms with van der Waals surface area (Å²) in [4.78, 5) is 0. The van der Waals surface area contributed by atoms with Crippen molar-refractivity contribution in [2.45, 2.75) is 32.2 Å². The van der Waals surface area contributed by atoms with E-state index in [1.807, 2.05) is 0 Å². The lowest BCUT2D eigenvalue weighted by molar-refractivity contribution is 0.339. The monoisotopic (exact) mass is 213 g/mol. The van der Waals surface area contributed by atoms with Gasteiger partial charge in [-0.25, -0.2) is 0 Å². The molecular formula is C10H16ClN3. The zero-order chi connectivity index (χ0) is 9.97. The van der Waals surface area contributed by atoms with Crippen molar-refractivity contribution in [2.75, 3.05) is 13.1 Å². The van der Waals surface area contributed by atoms with Gasteiger partial charge in [-0.3, -0.25) is 4.68 Å². The normalized spacial score (nSPS) is 22.6. The van der Waals surface area contributed by atoms with Crippen LogP contribution in [0.5, 0.6) is 0 Å². The molecule has 1 aromatic rings. The van der Waals surface area contributed by atoms with Gasteiger partial charge in [-0.15, -0.1) is 0 Å². The minimum absolute atomic E-state index is 0.492. The van der Waals surface area contributed by atoms with Crippen LogP contribution >= 0.6 is 11.6 Å². The Bertz CT molecular complexity index is 302. The second kappa shape index (κ2) is 4.32. The fourth-order valence-electron chi connectivity index (χ4n) is 2.05. The molecule has 3 nitrogen and oxygen atoms in total. The number of aromatic nitrogens is 2. The third kappa shape index (κ3) is 1.79. The van der Waals surface area contributed by atoms with E-state index in [-0.39, 0.29) is 0 Å². The number of nitrogens with zero attached hydrogens (tertiary/aromatic N) is 2. The molecule has 1 N–H and O–H groups in total. The molecule has 4 heteroatoms. The standard InChI is InChI=1S/C10H16ClN3/c1-2-10-9(11)7-13-14(10)8-4-3-5-12-6-8/h7-8,12H,2-6H2,1H3. The fourth-order valence-corrected chi connectivity index (χ4v) is 2.32. The summed E-state index contributed by atoms with van der Waals surface area (Å²) in [5.74, 6) is 0. The van der Waals surface area contributed by atoms with Crippen LogP contribution in [0.15, 0.2) is 6.20 Å². The van der Waals surface area contributed by atoms with Crippen molar-refractivity contribution in [3.63, 3.8) is 0 Å². The smallest absolute Gasteiger partial charge is 0.0817 e. The van der Waals surface area contributed by atoms with E-state index in [1.165, 1.54) is 18.5 Å². The second-order valence-corrected chi connectivity index (χ2v) is 4.14. The maximum atomic E-state index is 6.06. The maximum absolute atomic E-state index is 6.06. The zero-order valence-corrected chi connectivity index (χ0v) is 9.22. The summed E-state index contributed by atoms with van der Waals surface area (Å²) in [6.07, 6.45) is 5.15. The summed E-state index contributed by atoms with van der Waals surface area (Å²) in [6.45, 7) is 4.27. The van der Waals surface area contributed by atoms with Gasteiger partial charge in [0.05, 0.1) is 23.0 Å². The molecule has 1 unspecified atom stereocenters. The summed E-state index contributed by atoms with van der Waals surface area (Å²) in [5.41, 5.74) is 1.17. The van der Waals surface area contributed by atoms with Crippen LogP contribution in [-0.2, 0) is 6.42 Å². The van der Waals surface area contributed by atoms with Crippen molar-refractivity contribution in [1.29, 1.82) is 0 Å². The van der Waals surface area contributed by atoms with Crippen molar-refractivity contribution in [3.8, 4) is 0 Å². The van der Waals surface area contributed by atoms with Gasteiger partial charge in [0.15, 0.2) is 0 Å². The summed E-state index contributed by atoms with van der Waals surface area (Å²) in [6, 6.07) is 0.492. The number of piperidine rings is 1. The molecule has 14 heavy (non-hydrogen) atoms. The van der Waals surface area contributed by atoms with E-state index in [0.29, 0.717) is 6.04 Å². The van der Waals surface area contributed by atoms with Crippen molar-refractivity contribution < 1.29 is 0 Å². The first kappa shape index (κ1) is 9.99. The quantitative estimate of drug-likeness (QED) is 0.815. The lowest BCUT2D eigenvalue weighted by Gasteiger charge is -2.24. The van der Waals surface area contributed by atoms with Crippen molar-refractivity contribution in [2.24, 2.45) is 0 Å². The van der Waals surface area contributed by atoms with Crippen LogP contribution in [0, 0.1) is 0 Å². The molecule has 2 rings (SSSR count). The SMILES string of the molecule is CCc1c(Cl)cnn1C1CCCNC1. The van der Waals surface area contributed by atoms with Crippen molar-refractivity contribution >= 4 is 11.6 Å². The number of rotatable bonds is 2. The Morgan fingerprint density at radius 2 is 2.57 bits per heavy atom. The van der Waals surface area contributed by atoms with Crippen molar-refractivity contribution in [3.05, 3.63) is 16.9 Å². The minimum atomic E-state index is 0.492. The highest BCUT2D eigenvalue weighted by atomic mass is 35.5. The van der Waals surface area contributed by atoms with E-state index in [4.69, 9.17) is 11.6 Å². The first-order valence-corrected chi connectivity index (χ1v) is 5.63. The Kier molecular flexibility index (Phi) is 3.08. The highest BCUT2D eigenvalue weighted by molar-refractivity contribution is 6.31. The van der Waals surface area contributed by atoms with Crippen LogP contribution in [0.4, 0.5) is 0 Å². The highest BCUT2D eigenvalue weighted by Gasteiger charge is 2.18. The van der Waals surface area contributed by atoms with Crippen LogP contribution in [0.1, 0.15) is 31.5 Å². The number of hydrogen-bond acceptors (Lipinski definition) is 2. The summed E-state index contributed by atoms with van der Waals surface area (Å²) in [7, 11) is 0. The molecule has 0 bridgehead atoms. The number of hydrogen-bond donors (Lipinski definition) is 1. The second-order valence-electron chi connectivity index (χ2n) is 3.74. The lowest BCUT2D eigenvalue weighted by Crippen LogP contribution is -2.32. The van der Waals surface area contributed by atoms with E-state index in [1.54, 1.807) is 6.20 Å². The average Bonchev–Trinajstić information content (AvgIpc) is 2.61. The molecular weight excluding hydrogens is 198 g/mol. The fraction of sp³-hybridized carbons (Fsp3) is 0.700. The van der Waals surface area contributed by atoms with E-state index < -0.39 is 0 Å². The Morgan fingerprint density at radius 3 is 3.21 bits per heavy atom. The van der Waals surface area contributed by atoms with Gasteiger partial charge in [-0.1, -0.05) is 18.5 Å². The van der Waals surface area contributed by atoms with Crippen LogP contribution in [-0.4, -0.2) is 22.9 Å². The summed E-state index contributed by atoms with van der Waals surface area (Å²) >= 11 is 6.06. The third-order valence-electron chi connectivity index (χ3n) is 2.80. The van der Waals surface area contributed by atoms with E-state index in [9.17, 15) is 0 Å². The number of nitrogens with one attached hydrogen (secondary N) is 1. The van der Waals surface area contributed by atoms with Gasteiger partial charge in [0.1, 0.15) is 0 Å². The molecule has 1 aliphatic rings. The zero-order valence-electron chi connectivity index (χ0n) is 8.46. The lowest BCUT2D eigenvalue weighted by atomic mass is 10.1. The van der Waals surface area contributed by atoms with Crippen molar-refractivity contribution in [1.82, 2.24) is 15.1 Å². The van der Waals surface area contributed by atoms with Gasteiger partial charge in [0.2, 0.25) is 0 Å². The maximum Gasteiger partial charge on any atom is 0.0817 e. The average molecular weight is 214 g/mol. The predicted octanol–water partition coefficient (Wildman–Crippen LogP) is 2.02. The van der Waals surface area contributed by atoms with E-state index in [2.05, 4.69) is 22.0 Å². The molecule has 0 aliphatic carbocycles. The molecule has 78 valence electrons. The molecule has 1 atom stereocenters. The minimum Gasteiger partial charge on any atom is -0.315 e. The molecule has 1 fully saturated rings. The molecule has 0 amide bonds. The van der Waals surface area contributed by atoms with Gasteiger partial charge in [-0.05, 0) is 25.8 Å². The van der Waals surface area contributed by atoms with Gasteiger partial charge >= 0.3 is 0 Å². The first-order valence-electron chi connectivity index (χ1n) is 5.25. The van der Waals surface area contributed by atoms with Crippen LogP contribution in [0.2, 0.25) is 5.02 Å². The first-order chi connectivity index (χ1) is 6.83. The van der Waals surface area contributed by atoms with Crippen LogP contribution in [0.25, 0.3) is 0 Å². The Balaban J connectivity index is 2.21. The molecule has 1 aliphatic heterocycles. The van der Waals surface area contributed by atoms with E-state index >= 15 is 0 Å². The van der Waals surface area contributed by atoms with Gasteiger partial charge in [-0.2, -0.15) is 5.10 Å². The molecule has 0 aromatic carbocycles. The van der Waals surface area contributed by atoms with E-state index in [0.717, 1.165) is 24.5 Å².